The Kier molecular flexibility index (Phi) is 4.71. The Hall–Kier alpha value is -2.47. The zero-order chi connectivity index (χ0) is 19.1. The number of halogens is 1. The standard InChI is InChI=1S/C20H24FN3O2/c1-20(2,3)14-7-5-12(11-15(14)21)23-19(26)18-13-6-8-17(25)24(4)16(13)9-10-22-18/h5-8,11,18,22H,9-10H2,1-4H3,(H,23,26). The zero-order valence-electron chi connectivity index (χ0n) is 15.5. The van der Waals surface area contributed by atoms with Crippen LogP contribution in [0.5, 0.6) is 0 Å². The van der Waals surface area contributed by atoms with Crippen LogP contribution in [0.3, 0.4) is 0 Å². The molecule has 0 saturated carbocycles. The van der Waals surface area contributed by atoms with Gasteiger partial charge in [0.25, 0.3) is 0 Å². The summed E-state index contributed by atoms with van der Waals surface area (Å²) in [5.74, 6) is -0.609. The molecule has 0 fully saturated rings. The van der Waals surface area contributed by atoms with Crippen LogP contribution in [0.25, 0.3) is 0 Å². The molecular weight excluding hydrogens is 333 g/mol. The monoisotopic (exact) mass is 357 g/mol. The van der Waals surface area contributed by atoms with E-state index in [4.69, 9.17) is 0 Å². The molecule has 1 amide bonds. The third kappa shape index (κ3) is 3.42. The molecule has 2 aromatic rings. The second kappa shape index (κ2) is 6.68. The van der Waals surface area contributed by atoms with Gasteiger partial charge in [-0.15, -0.1) is 0 Å². The fourth-order valence-electron chi connectivity index (χ4n) is 3.36. The number of anilines is 1. The van der Waals surface area contributed by atoms with Crippen molar-refractivity contribution >= 4 is 11.6 Å². The van der Waals surface area contributed by atoms with Crippen LogP contribution in [0.4, 0.5) is 10.1 Å². The summed E-state index contributed by atoms with van der Waals surface area (Å²) in [4.78, 5) is 24.5. The molecule has 2 N–H and O–H groups in total. The maximum absolute atomic E-state index is 14.4. The van der Waals surface area contributed by atoms with Gasteiger partial charge in [0.05, 0.1) is 0 Å². The average Bonchev–Trinajstić information content (AvgIpc) is 2.56. The normalized spacial score (nSPS) is 16.9. The number of pyridine rings is 1. The summed E-state index contributed by atoms with van der Waals surface area (Å²) in [7, 11) is 1.71. The minimum absolute atomic E-state index is 0.0929. The largest absolute Gasteiger partial charge is 0.324 e. The fourth-order valence-corrected chi connectivity index (χ4v) is 3.36. The molecule has 0 spiro atoms. The van der Waals surface area contributed by atoms with Crippen LogP contribution in [0.15, 0.2) is 35.1 Å². The molecule has 2 heterocycles. The SMILES string of the molecule is Cn1c2c(ccc1=O)C(C(=O)Nc1ccc(C(C)(C)C)c(F)c1)NCC2. The van der Waals surface area contributed by atoms with E-state index >= 15 is 0 Å². The first-order chi connectivity index (χ1) is 12.2. The molecule has 0 bridgehead atoms. The molecule has 5 nitrogen and oxygen atoms in total. The summed E-state index contributed by atoms with van der Waals surface area (Å²) in [6, 6.07) is 7.35. The number of aromatic nitrogens is 1. The Morgan fingerprint density at radius 2 is 2.00 bits per heavy atom. The molecular formula is C20H24FN3O2. The lowest BCUT2D eigenvalue weighted by Crippen LogP contribution is -2.40. The van der Waals surface area contributed by atoms with E-state index in [1.165, 1.54) is 12.1 Å². The summed E-state index contributed by atoms with van der Waals surface area (Å²) in [5.41, 5.74) is 2.25. The number of nitrogens with zero attached hydrogens (tertiary/aromatic N) is 1. The number of carbonyl (C=O) groups is 1. The summed E-state index contributed by atoms with van der Waals surface area (Å²) in [5, 5.41) is 5.95. The number of fused-ring (bicyclic) bond motifs is 1. The van der Waals surface area contributed by atoms with Gasteiger partial charge in [0.15, 0.2) is 0 Å². The molecule has 0 saturated heterocycles. The number of hydrogen-bond donors (Lipinski definition) is 2. The maximum Gasteiger partial charge on any atom is 0.250 e. The van der Waals surface area contributed by atoms with Crippen molar-refractivity contribution in [3.63, 3.8) is 0 Å². The van der Waals surface area contributed by atoms with E-state index in [0.717, 1.165) is 11.3 Å². The van der Waals surface area contributed by atoms with Crippen LogP contribution < -0.4 is 16.2 Å². The second-order valence-electron chi connectivity index (χ2n) is 7.70. The fraction of sp³-hybridized carbons (Fsp3) is 0.400. The van der Waals surface area contributed by atoms with Crippen molar-refractivity contribution in [3.8, 4) is 0 Å². The molecule has 1 aromatic heterocycles. The molecule has 1 aliphatic rings. The summed E-state index contributed by atoms with van der Waals surface area (Å²) >= 11 is 0. The Bertz CT molecular complexity index is 912. The van der Waals surface area contributed by atoms with E-state index in [9.17, 15) is 14.0 Å². The van der Waals surface area contributed by atoms with E-state index in [-0.39, 0.29) is 22.7 Å². The van der Waals surface area contributed by atoms with E-state index < -0.39 is 6.04 Å². The van der Waals surface area contributed by atoms with Crippen LogP contribution in [0, 0.1) is 5.82 Å². The third-order valence-electron chi connectivity index (χ3n) is 4.80. The predicted molar refractivity (Wildman–Crippen MR) is 99.9 cm³/mol. The Labute approximate surface area is 152 Å². The van der Waals surface area contributed by atoms with E-state index in [1.54, 1.807) is 29.8 Å². The van der Waals surface area contributed by atoms with Gasteiger partial charge >= 0.3 is 0 Å². The molecule has 1 atom stereocenters. The molecule has 26 heavy (non-hydrogen) atoms. The zero-order valence-corrected chi connectivity index (χ0v) is 15.5. The summed E-state index contributed by atoms with van der Waals surface area (Å²) < 4.78 is 15.9. The lowest BCUT2D eigenvalue weighted by molar-refractivity contribution is -0.118. The minimum Gasteiger partial charge on any atom is -0.324 e. The van der Waals surface area contributed by atoms with Crippen LogP contribution in [0.1, 0.15) is 43.6 Å². The number of hydrogen-bond acceptors (Lipinski definition) is 3. The summed E-state index contributed by atoms with van der Waals surface area (Å²) in [6.07, 6.45) is 0.681. The van der Waals surface area contributed by atoms with Crippen molar-refractivity contribution in [1.29, 1.82) is 0 Å². The number of rotatable bonds is 2. The van der Waals surface area contributed by atoms with Gasteiger partial charge in [-0.25, -0.2) is 4.39 Å². The molecule has 1 unspecified atom stereocenters. The molecule has 1 aliphatic heterocycles. The summed E-state index contributed by atoms with van der Waals surface area (Å²) in [6.45, 7) is 6.42. The highest BCUT2D eigenvalue weighted by atomic mass is 19.1. The Balaban J connectivity index is 1.85. The van der Waals surface area contributed by atoms with E-state index in [2.05, 4.69) is 10.6 Å². The highest BCUT2D eigenvalue weighted by molar-refractivity contribution is 5.95. The van der Waals surface area contributed by atoms with Crippen molar-refractivity contribution in [2.75, 3.05) is 11.9 Å². The molecule has 0 radical (unpaired) electrons. The van der Waals surface area contributed by atoms with Crippen molar-refractivity contribution in [2.24, 2.45) is 7.05 Å². The Morgan fingerprint density at radius 3 is 2.65 bits per heavy atom. The van der Waals surface area contributed by atoms with Gasteiger partial charge < -0.3 is 15.2 Å². The second-order valence-corrected chi connectivity index (χ2v) is 7.70. The average molecular weight is 357 g/mol. The Morgan fingerprint density at radius 1 is 1.27 bits per heavy atom. The number of nitrogens with one attached hydrogen (secondary N) is 2. The van der Waals surface area contributed by atoms with Crippen molar-refractivity contribution in [2.45, 2.75) is 38.6 Å². The molecule has 0 aliphatic carbocycles. The van der Waals surface area contributed by atoms with Gasteiger partial charge in [-0.3, -0.25) is 9.59 Å². The number of benzene rings is 1. The van der Waals surface area contributed by atoms with Crippen molar-refractivity contribution in [1.82, 2.24) is 9.88 Å². The lowest BCUT2D eigenvalue weighted by Gasteiger charge is -2.27. The van der Waals surface area contributed by atoms with Crippen molar-refractivity contribution in [3.05, 3.63) is 63.3 Å². The minimum atomic E-state index is -0.573. The van der Waals surface area contributed by atoms with Crippen LogP contribution >= 0.6 is 0 Å². The van der Waals surface area contributed by atoms with Gasteiger partial charge in [-0.1, -0.05) is 26.8 Å². The highest BCUT2D eigenvalue weighted by Crippen LogP contribution is 2.28. The lowest BCUT2D eigenvalue weighted by atomic mass is 9.86. The topological polar surface area (TPSA) is 63.1 Å². The quantitative estimate of drug-likeness (QED) is 0.869. The van der Waals surface area contributed by atoms with E-state index in [1.807, 2.05) is 20.8 Å². The predicted octanol–water partition coefficient (Wildman–Crippen LogP) is 2.65. The first kappa shape index (κ1) is 18.3. The molecule has 1 aromatic carbocycles. The first-order valence-electron chi connectivity index (χ1n) is 8.71. The van der Waals surface area contributed by atoms with Crippen LogP contribution in [-0.4, -0.2) is 17.0 Å². The maximum atomic E-state index is 14.4. The third-order valence-corrected chi connectivity index (χ3v) is 4.80. The highest BCUT2D eigenvalue weighted by Gasteiger charge is 2.28. The van der Waals surface area contributed by atoms with Gasteiger partial charge in [-0.05, 0) is 34.7 Å². The molecule has 6 heteroatoms. The van der Waals surface area contributed by atoms with Gasteiger partial charge in [-0.2, -0.15) is 0 Å². The van der Waals surface area contributed by atoms with Crippen LogP contribution in [0.2, 0.25) is 0 Å². The van der Waals surface area contributed by atoms with E-state index in [0.29, 0.717) is 24.2 Å². The number of amides is 1. The van der Waals surface area contributed by atoms with Gasteiger partial charge in [0.1, 0.15) is 11.9 Å². The smallest absolute Gasteiger partial charge is 0.250 e. The first-order valence-corrected chi connectivity index (χ1v) is 8.71. The molecule has 138 valence electrons. The number of carbonyl (C=O) groups excluding carboxylic acids is 1. The molecule has 3 rings (SSSR count). The van der Waals surface area contributed by atoms with Gasteiger partial charge in [0, 0.05) is 37.5 Å². The van der Waals surface area contributed by atoms with Gasteiger partial charge in [0.2, 0.25) is 11.5 Å². The van der Waals surface area contributed by atoms with Crippen LogP contribution in [-0.2, 0) is 23.7 Å². The van der Waals surface area contributed by atoms with Crippen molar-refractivity contribution < 1.29 is 9.18 Å².